The normalized spacial score (nSPS) is 11.2. The summed E-state index contributed by atoms with van der Waals surface area (Å²) in [6.45, 7) is 2.11. The van der Waals surface area contributed by atoms with Crippen molar-refractivity contribution < 1.29 is 9.21 Å². The van der Waals surface area contributed by atoms with E-state index in [4.69, 9.17) is 4.42 Å². The number of hydrogen-bond acceptors (Lipinski definition) is 5. The van der Waals surface area contributed by atoms with E-state index in [9.17, 15) is 4.79 Å². The summed E-state index contributed by atoms with van der Waals surface area (Å²) in [7, 11) is 0. The van der Waals surface area contributed by atoms with E-state index < -0.39 is 0 Å². The first-order valence-corrected chi connectivity index (χ1v) is 13.0. The van der Waals surface area contributed by atoms with E-state index in [1.165, 1.54) is 16.7 Å². The highest BCUT2D eigenvalue weighted by Gasteiger charge is 2.23. The molecule has 1 amide bonds. The Bertz CT molecular complexity index is 1680. The van der Waals surface area contributed by atoms with Crippen LogP contribution in [0.3, 0.4) is 0 Å². The van der Waals surface area contributed by atoms with Crippen molar-refractivity contribution in [2.24, 2.45) is 0 Å². The van der Waals surface area contributed by atoms with Crippen molar-refractivity contribution in [1.29, 1.82) is 0 Å². The Morgan fingerprint density at radius 1 is 0.892 bits per heavy atom. The highest BCUT2D eigenvalue weighted by molar-refractivity contribution is 7.15. The Kier molecular flexibility index (Phi) is 6.12. The van der Waals surface area contributed by atoms with Crippen LogP contribution in [0.4, 0.5) is 5.13 Å². The van der Waals surface area contributed by atoms with Gasteiger partial charge in [-0.2, -0.15) is 0 Å². The van der Waals surface area contributed by atoms with Gasteiger partial charge in [0.15, 0.2) is 5.76 Å². The molecule has 0 atom stereocenters. The van der Waals surface area contributed by atoms with Crippen LogP contribution in [0.5, 0.6) is 0 Å². The molecule has 0 unspecified atom stereocenters. The number of amides is 1. The zero-order valence-corrected chi connectivity index (χ0v) is 21.0. The summed E-state index contributed by atoms with van der Waals surface area (Å²) in [5.41, 5.74) is 4.84. The number of rotatable bonds is 7. The third kappa shape index (κ3) is 4.57. The molecule has 3 heterocycles. The lowest BCUT2D eigenvalue weighted by atomic mass is 10.0. The average Bonchev–Trinajstić information content (AvgIpc) is 3.69. The number of carbonyl (C=O) groups is 1. The minimum absolute atomic E-state index is 0.0894. The molecule has 0 saturated carbocycles. The van der Waals surface area contributed by atoms with Gasteiger partial charge >= 0.3 is 0 Å². The Morgan fingerprint density at radius 3 is 2.46 bits per heavy atom. The molecule has 0 radical (unpaired) electrons. The highest BCUT2D eigenvalue weighted by atomic mass is 32.1. The monoisotopic (exact) mass is 504 g/mol. The first-order chi connectivity index (χ1) is 18.2. The molecule has 0 bridgehead atoms. The minimum Gasteiger partial charge on any atom is -0.463 e. The molecule has 1 N–H and O–H groups in total. The number of aryl methyl sites for hydroxylation is 1. The van der Waals surface area contributed by atoms with Crippen molar-refractivity contribution in [1.82, 2.24) is 14.8 Å². The molecular formula is C30H24N4O2S. The zero-order valence-electron chi connectivity index (χ0n) is 20.2. The first kappa shape index (κ1) is 22.9. The van der Waals surface area contributed by atoms with Crippen LogP contribution >= 0.6 is 11.3 Å². The van der Waals surface area contributed by atoms with Crippen molar-refractivity contribution in [2.45, 2.75) is 19.9 Å². The molecule has 0 aliphatic heterocycles. The fraction of sp³-hybridized carbons (Fsp3) is 0.100. The molecule has 0 aliphatic carbocycles. The fourth-order valence-electron chi connectivity index (χ4n) is 4.57. The lowest BCUT2D eigenvalue weighted by molar-refractivity contribution is -0.116. The van der Waals surface area contributed by atoms with Crippen LogP contribution in [-0.4, -0.2) is 20.7 Å². The quantitative estimate of drug-likeness (QED) is 0.248. The number of anilines is 1. The zero-order chi connectivity index (χ0) is 25.2. The first-order valence-electron chi connectivity index (χ1n) is 12.1. The topological polar surface area (TPSA) is 73.0 Å². The minimum atomic E-state index is -0.177. The van der Waals surface area contributed by atoms with Crippen LogP contribution in [0, 0.1) is 0 Å². The maximum atomic E-state index is 13.3. The van der Waals surface area contributed by atoms with Gasteiger partial charge in [0.25, 0.3) is 0 Å². The van der Waals surface area contributed by atoms with Gasteiger partial charge in [-0.1, -0.05) is 85.0 Å². The van der Waals surface area contributed by atoms with Gasteiger partial charge in [-0.15, -0.1) is 10.2 Å². The maximum Gasteiger partial charge on any atom is 0.246 e. The summed E-state index contributed by atoms with van der Waals surface area (Å²) in [6, 6.07) is 30.8. The molecule has 0 saturated heterocycles. The van der Waals surface area contributed by atoms with Gasteiger partial charge < -0.3 is 8.98 Å². The number of furan rings is 1. The van der Waals surface area contributed by atoms with E-state index in [2.05, 4.69) is 64.0 Å². The number of fused-ring (bicyclic) bond motifs is 1. The third-order valence-corrected chi connectivity index (χ3v) is 7.28. The second-order valence-electron chi connectivity index (χ2n) is 8.69. The molecule has 0 spiro atoms. The summed E-state index contributed by atoms with van der Waals surface area (Å²) in [6.07, 6.45) is 2.44. The Morgan fingerprint density at radius 2 is 1.70 bits per heavy atom. The number of nitrogens with one attached hydrogen (secondary N) is 1. The van der Waals surface area contributed by atoms with Crippen LogP contribution in [0.25, 0.3) is 44.6 Å². The Balaban J connectivity index is 1.51. The van der Waals surface area contributed by atoms with Crippen molar-refractivity contribution in [3.8, 4) is 33.8 Å². The van der Waals surface area contributed by atoms with Crippen LogP contribution in [0.1, 0.15) is 11.9 Å². The maximum absolute atomic E-state index is 13.3. The van der Waals surface area contributed by atoms with E-state index in [1.54, 1.807) is 6.26 Å². The Hall–Kier alpha value is -4.49. The van der Waals surface area contributed by atoms with Gasteiger partial charge in [0, 0.05) is 11.3 Å². The third-order valence-electron chi connectivity index (χ3n) is 6.30. The summed E-state index contributed by atoms with van der Waals surface area (Å²) in [4.78, 5) is 13.3. The lowest BCUT2D eigenvalue weighted by Gasteiger charge is -2.14. The van der Waals surface area contributed by atoms with Gasteiger partial charge in [0.05, 0.1) is 12.0 Å². The molecule has 0 fully saturated rings. The predicted molar refractivity (Wildman–Crippen MR) is 148 cm³/mol. The summed E-state index contributed by atoms with van der Waals surface area (Å²) >= 11 is 1.40. The molecule has 3 aromatic heterocycles. The molecular weight excluding hydrogens is 480 g/mol. The smallest absolute Gasteiger partial charge is 0.246 e. The highest BCUT2D eigenvalue weighted by Crippen LogP contribution is 2.40. The lowest BCUT2D eigenvalue weighted by Crippen LogP contribution is -2.19. The fourth-order valence-corrected chi connectivity index (χ4v) is 5.26. The summed E-state index contributed by atoms with van der Waals surface area (Å²) in [5, 5.41) is 14.9. The van der Waals surface area contributed by atoms with Crippen LogP contribution in [0.15, 0.2) is 102 Å². The number of nitrogens with zero attached hydrogens (tertiary/aromatic N) is 3. The molecule has 0 aliphatic rings. The molecule has 6 nitrogen and oxygen atoms in total. The van der Waals surface area contributed by atoms with Crippen LogP contribution in [0.2, 0.25) is 0 Å². The summed E-state index contributed by atoms with van der Waals surface area (Å²) in [5.74, 6) is 0.520. The van der Waals surface area contributed by atoms with Crippen molar-refractivity contribution in [2.75, 3.05) is 5.32 Å². The van der Waals surface area contributed by atoms with E-state index >= 15 is 0 Å². The van der Waals surface area contributed by atoms with Gasteiger partial charge in [0.2, 0.25) is 11.0 Å². The average molecular weight is 505 g/mol. The van der Waals surface area contributed by atoms with Crippen molar-refractivity contribution in [3.63, 3.8) is 0 Å². The van der Waals surface area contributed by atoms with Crippen LogP contribution < -0.4 is 5.32 Å². The number of hydrogen-bond donors (Lipinski definition) is 1. The molecule has 37 heavy (non-hydrogen) atoms. The predicted octanol–water partition coefficient (Wildman–Crippen LogP) is 7.29. The van der Waals surface area contributed by atoms with Crippen molar-refractivity contribution in [3.05, 3.63) is 102 Å². The van der Waals surface area contributed by atoms with Crippen LogP contribution in [-0.2, 0) is 17.8 Å². The molecule has 182 valence electrons. The number of aromatic nitrogens is 3. The SMILES string of the molecule is CCc1nnc(NC(=O)Cn2c(-c3ccc4ccccc4c3)cc(-c3ccccc3)c2-c2ccco2)s1. The van der Waals surface area contributed by atoms with Gasteiger partial charge in [-0.05, 0) is 52.6 Å². The van der Waals surface area contributed by atoms with Crippen molar-refractivity contribution >= 4 is 33.1 Å². The van der Waals surface area contributed by atoms with Gasteiger partial charge in [-0.3, -0.25) is 10.1 Å². The Labute approximate surface area is 218 Å². The standard InChI is InChI=1S/C30H24N4O2S/c1-2-28-32-33-30(37-28)31-27(35)19-34-25(23-15-14-20-9-6-7-12-22(20)17-23)18-24(21-10-4-3-5-11-21)29(34)26-13-8-16-36-26/h3-18H,2,19H2,1H3,(H,31,33,35). The molecule has 6 rings (SSSR count). The molecule has 7 heteroatoms. The van der Waals surface area contributed by atoms with E-state index in [-0.39, 0.29) is 12.5 Å². The summed E-state index contributed by atoms with van der Waals surface area (Å²) < 4.78 is 7.92. The van der Waals surface area contributed by atoms with Gasteiger partial charge in [-0.25, -0.2) is 0 Å². The molecule has 6 aromatic rings. The van der Waals surface area contributed by atoms with Gasteiger partial charge in [0.1, 0.15) is 11.6 Å². The van der Waals surface area contributed by atoms with E-state index in [0.29, 0.717) is 10.9 Å². The molecule has 3 aromatic carbocycles. The second kappa shape index (κ2) is 9.87. The second-order valence-corrected chi connectivity index (χ2v) is 9.75. The number of carbonyl (C=O) groups excluding carboxylic acids is 1. The van der Waals surface area contributed by atoms with E-state index in [0.717, 1.165) is 44.9 Å². The number of benzene rings is 3. The van der Waals surface area contributed by atoms with E-state index in [1.807, 2.05) is 54.0 Å². The largest absolute Gasteiger partial charge is 0.463 e.